The van der Waals surface area contributed by atoms with Gasteiger partial charge in [-0.25, -0.2) is 4.39 Å². The predicted octanol–water partition coefficient (Wildman–Crippen LogP) is 7.61. The third-order valence-corrected chi connectivity index (χ3v) is 7.12. The topological polar surface area (TPSA) is 55.8 Å². The first-order valence-electron chi connectivity index (χ1n) is 10.2. The van der Waals surface area contributed by atoms with Gasteiger partial charge in [-0.05, 0) is 65.4 Å². The van der Waals surface area contributed by atoms with Gasteiger partial charge in [0.25, 0.3) is 11.1 Å². The second-order valence-corrected chi connectivity index (χ2v) is 9.63. The molecule has 1 aliphatic rings. The number of ether oxygens (including phenoxy) is 2. The van der Waals surface area contributed by atoms with Crippen LogP contribution in [0.15, 0.2) is 59.5 Å². The first-order valence-corrected chi connectivity index (χ1v) is 12.1. The average molecular weight is 553 g/mol. The lowest BCUT2D eigenvalue weighted by Crippen LogP contribution is -2.27. The zero-order valence-corrected chi connectivity index (χ0v) is 21.3. The van der Waals surface area contributed by atoms with Gasteiger partial charge in [-0.3, -0.25) is 14.5 Å². The molecule has 180 valence electrons. The van der Waals surface area contributed by atoms with E-state index in [-0.39, 0.29) is 28.6 Å². The molecule has 4 rings (SSSR count). The van der Waals surface area contributed by atoms with Gasteiger partial charge in [-0.2, -0.15) is 0 Å². The Hall–Kier alpha value is -2.71. The number of hydrogen-bond acceptors (Lipinski definition) is 5. The van der Waals surface area contributed by atoms with Gasteiger partial charge in [0.2, 0.25) is 0 Å². The zero-order valence-electron chi connectivity index (χ0n) is 18.2. The summed E-state index contributed by atoms with van der Waals surface area (Å²) in [6, 6.07) is 14.3. The highest BCUT2D eigenvalue weighted by Crippen LogP contribution is 2.36. The minimum absolute atomic E-state index is 0.0687. The Morgan fingerprint density at radius 1 is 0.971 bits per heavy atom. The number of hydrogen-bond donors (Lipinski definition) is 0. The number of halogens is 4. The van der Waals surface area contributed by atoms with E-state index in [4.69, 9.17) is 44.3 Å². The van der Waals surface area contributed by atoms with Crippen LogP contribution in [0.1, 0.15) is 16.7 Å². The number of imide groups is 1. The summed E-state index contributed by atoms with van der Waals surface area (Å²) < 4.78 is 25.2. The van der Waals surface area contributed by atoms with Crippen molar-refractivity contribution in [1.82, 2.24) is 4.90 Å². The van der Waals surface area contributed by atoms with E-state index in [0.717, 1.165) is 16.7 Å². The number of thioether (sulfide) groups is 1. The summed E-state index contributed by atoms with van der Waals surface area (Å²) in [5.74, 6) is -0.163. The first-order chi connectivity index (χ1) is 16.8. The molecular weight excluding hydrogens is 536 g/mol. The lowest BCUT2D eigenvalue weighted by atomic mass is 10.1. The molecule has 0 aromatic heterocycles. The molecule has 0 atom stereocenters. The fourth-order valence-electron chi connectivity index (χ4n) is 3.32. The van der Waals surface area contributed by atoms with Crippen molar-refractivity contribution in [3.05, 3.63) is 97.1 Å². The molecule has 2 amide bonds. The van der Waals surface area contributed by atoms with Crippen molar-refractivity contribution in [2.45, 2.75) is 13.2 Å². The van der Waals surface area contributed by atoms with Gasteiger partial charge in [-0.1, -0.05) is 53.0 Å². The van der Waals surface area contributed by atoms with E-state index in [0.29, 0.717) is 32.7 Å². The molecule has 1 saturated heterocycles. The quantitative estimate of drug-likeness (QED) is 0.282. The molecule has 1 aliphatic heterocycles. The maximum absolute atomic E-state index is 14.1. The number of methoxy groups -OCH3 is 1. The summed E-state index contributed by atoms with van der Waals surface area (Å²) in [6.07, 6.45) is 1.59. The normalized spacial score (nSPS) is 14.7. The Morgan fingerprint density at radius 2 is 1.77 bits per heavy atom. The first kappa shape index (κ1) is 25.4. The van der Waals surface area contributed by atoms with Crippen LogP contribution in [0.3, 0.4) is 0 Å². The molecule has 0 N–H and O–H groups in total. The fourth-order valence-corrected chi connectivity index (χ4v) is 4.70. The van der Waals surface area contributed by atoms with Gasteiger partial charge < -0.3 is 9.47 Å². The third-order valence-electron chi connectivity index (χ3n) is 5.12. The second-order valence-electron chi connectivity index (χ2n) is 7.42. The minimum atomic E-state index is -0.483. The van der Waals surface area contributed by atoms with Crippen molar-refractivity contribution in [1.29, 1.82) is 0 Å². The number of nitrogens with zero attached hydrogens (tertiary/aromatic N) is 1. The van der Waals surface area contributed by atoms with Gasteiger partial charge in [0.15, 0.2) is 11.5 Å². The van der Waals surface area contributed by atoms with Crippen molar-refractivity contribution in [3.8, 4) is 11.5 Å². The molecule has 0 aliphatic carbocycles. The van der Waals surface area contributed by atoms with Crippen LogP contribution in [-0.2, 0) is 17.9 Å². The van der Waals surface area contributed by atoms with E-state index in [9.17, 15) is 14.0 Å². The number of carbonyl (C=O) groups excluding carboxylic acids is 2. The molecule has 1 fully saturated rings. The monoisotopic (exact) mass is 551 g/mol. The van der Waals surface area contributed by atoms with E-state index in [1.54, 1.807) is 48.5 Å². The third kappa shape index (κ3) is 5.76. The van der Waals surface area contributed by atoms with Gasteiger partial charge in [0.05, 0.1) is 33.6 Å². The van der Waals surface area contributed by atoms with Crippen molar-refractivity contribution >= 4 is 63.8 Å². The molecule has 5 nitrogen and oxygen atoms in total. The summed E-state index contributed by atoms with van der Waals surface area (Å²) in [6.45, 7) is -0.0508. The van der Waals surface area contributed by atoms with Crippen LogP contribution in [0.2, 0.25) is 15.1 Å². The Bertz CT molecular complexity index is 1330. The molecule has 0 bridgehead atoms. The maximum Gasteiger partial charge on any atom is 0.293 e. The lowest BCUT2D eigenvalue weighted by Gasteiger charge is -2.13. The molecule has 3 aromatic carbocycles. The highest BCUT2D eigenvalue weighted by Gasteiger charge is 2.35. The van der Waals surface area contributed by atoms with Gasteiger partial charge in [0.1, 0.15) is 12.4 Å². The van der Waals surface area contributed by atoms with Crippen LogP contribution in [0, 0.1) is 5.82 Å². The van der Waals surface area contributed by atoms with Crippen LogP contribution in [-0.4, -0.2) is 23.2 Å². The summed E-state index contributed by atoms with van der Waals surface area (Å²) in [5, 5.41) is 0.579. The standard InChI is InChI=1S/C25H17Cl3FNO4S/c1-33-21-8-6-14(10-22(21)34-13-16-17(26)3-2-4-20(16)29)11-23-24(31)30(25(32)35-23)12-15-5-7-18(27)19(28)9-15/h2-11H,12-13H2,1H3/b23-11-. The fraction of sp³-hybridized carbons (Fsp3) is 0.120. The number of benzene rings is 3. The smallest absolute Gasteiger partial charge is 0.293 e. The van der Waals surface area contributed by atoms with E-state index in [1.807, 2.05) is 0 Å². The number of carbonyl (C=O) groups is 2. The maximum atomic E-state index is 14.1. The molecule has 0 spiro atoms. The van der Waals surface area contributed by atoms with Crippen LogP contribution in [0.4, 0.5) is 9.18 Å². The Labute approximate surface area is 220 Å². The largest absolute Gasteiger partial charge is 0.493 e. The van der Waals surface area contributed by atoms with Crippen molar-refractivity contribution in [2.24, 2.45) is 0 Å². The van der Waals surface area contributed by atoms with Crippen LogP contribution < -0.4 is 9.47 Å². The van der Waals surface area contributed by atoms with E-state index in [1.165, 1.54) is 19.2 Å². The summed E-state index contributed by atoms with van der Waals surface area (Å²) in [4.78, 5) is 26.8. The van der Waals surface area contributed by atoms with Gasteiger partial charge in [-0.15, -0.1) is 0 Å². The lowest BCUT2D eigenvalue weighted by molar-refractivity contribution is -0.123. The molecule has 3 aromatic rings. The van der Waals surface area contributed by atoms with E-state index in [2.05, 4.69) is 0 Å². The van der Waals surface area contributed by atoms with Crippen LogP contribution >= 0.6 is 46.6 Å². The van der Waals surface area contributed by atoms with Gasteiger partial charge >= 0.3 is 0 Å². The molecular formula is C25H17Cl3FNO4S. The minimum Gasteiger partial charge on any atom is -0.493 e. The highest BCUT2D eigenvalue weighted by molar-refractivity contribution is 8.18. The van der Waals surface area contributed by atoms with Crippen LogP contribution in [0.25, 0.3) is 6.08 Å². The Balaban J connectivity index is 1.54. The van der Waals surface area contributed by atoms with E-state index < -0.39 is 17.0 Å². The summed E-state index contributed by atoms with van der Waals surface area (Å²) in [7, 11) is 1.48. The molecule has 0 radical (unpaired) electrons. The molecule has 0 unspecified atom stereocenters. The van der Waals surface area contributed by atoms with Crippen molar-refractivity contribution < 1.29 is 23.5 Å². The molecule has 0 saturated carbocycles. The molecule has 35 heavy (non-hydrogen) atoms. The number of rotatable bonds is 7. The van der Waals surface area contributed by atoms with Gasteiger partial charge in [0, 0.05) is 5.56 Å². The SMILES string of the molecule is COc1ccc(/C=C2\SC(=O)N(Cc3ccc(Cl)c(Cl)c3)C2=O)cc1OCc1c(F)cccc1Cl. The summed E-state index contributed by atoms with van der Waals surface area (Å²) >= 11 is 18.9. The molecule has 10 heteroatoms. The second kappa shape index (κ2) is 10.9. The van der Waals surface area contributed by atoms with Crippen molar-refractivity contribution in [3.63, 3.8) is 0 Å². The average Bonchev–Trinajstić information content (AvgIpc) is 3.08. The summed E-state index contributed by atoms with van der Waals surface area (Å²) in [5.41, 5.74) is 1.49. The Kier molecular flexibility index (Phi) is 7.91. The van der Waals surface area contributed by atoms with Crippen molar-refractivity contribution in [2.75, 3.05) is 7.11 Å². The van der Waals surface area contributed by atoms with Crippen LogP contribution in [0.5, 0.6) is 11.5 Å². The predicted molar refractivity (Wildman–Crippen MR) is 137 cm³/mol. The number of amides is 2. The molecule has 1 heterocycles. The zero-order chi connectivity index (χ0) is 25.1. The Morgan fingerprint density at radius 3 is 2.49 bits per heavy atom. The highest BCUT2D eigenvalue weighted by atomic mass is 35.5. The van der Waals surface area contributed by atoms with E-state index >= 15 is 0 Å².